The van der Waals surface area contributed by atoms with E-state index in [2.05, 4.69) is 20.0 Å². The molecule has 2 N–H and O–H groups in total. The second-order valence-corrected chi connectivity index (χ2v) is 5.32. The zero-order chi connectivity index (χ0) is 11.8. The highest BCUT2D eigenvalue weighted by Gasteiger charge is 2.26. The normalized spacial score (nSPS) is 20.1. The molecule has 0 saturated carbocycles. The van der Waals surface area contributed by atoms with E-state index in [1.165, 1.54) is 12.4 Å². The molecule has 86 valence electrons. The highest BCUT2D eigenvalue weighted by molar-refractivity contribution is 7.90. The largest absolute Gasteiger partial charge is 0.324 e. The quantitative estimate of drug-likeness (QED) is 0.751. The molecule has 7 heteroatoms. The summed E-state index contributed by atoms with van der Waals surface area (Å²) in [6, 6.07) is 1.61. The summed E-state index contributed by atoms with van der Waals surface area (Å²) in [5, 5.41) is 2.90. The summed E-state index contributed by atoms with van der Waals surface area (Å²) in [6.07, 6.45) is 2.83. The van der Waals surface area contributed by atoms with E-state index in [1.807, 2.05) is 13.8 Å². The SMILES string of the molecule is CC(C)N=C1Nc2ccncc2S(=O)(=O)N1. The molecule has 0 spiro atoms. The molecule has 0 fully saturated rings. The van der Waals surface area contributed by atoms with E-state index in [0.29, 0.717) is 5.69 Å². The molecule has 0 atom stereocenters. The first-order valence-electron chi connectivity index (χ1n) is 4.81. The lowest BCUT2D eigenvalue weighted by Gasteiger charge is -2.21. The third kappa shape index (κ3) is 1.99. The van der Waals surface area contributed by atoms with Crippen LogP contribution >= 0.6 is 0 Å². The second-order valence-electron chi connectivity index (χ2n) is 3.67. The predicted molar refractivity (Wildman–Crippen MR) is 60.8 cm³/mol. The highest BCUT2D eigenvalue weighted by Crippen LogP contribution is 2.22. The van der Waals surface area contributed by atoms with Crippen molar-refractivity contribution in [2.75, 3.05) is 5.32 Å². The van der Waals surface area contributed by atoms with Gasteiger partial charge in [-0.05, 0) is 19.9 Å². The number of sulfonamides is 1. The summed E-state index contributed by atoms with van der Waals surface area (Å²) in [4.78, 5) is 8.04. The molecular formula is C9H12N4O2S. The standard InChI is InChI=1S/C9H12N4O2S/c1-6(2)11-9-12-7-3-4-10-5-8(7)16(14,15)13-9/h3-6H,1-2H3,(H2,11,12,13). The molecule has 2 heterocycles. The fraction of sp³-hybridized carbons (Fsp3) is 0.333. The highest BCUT2D eigenvalue weighted by atomic mass is 32.2. The van der Waals surface area contributed by atoms with Crippen molar-refractivity contribution in [1.82, 2.24) is 9.71 Å². The Hall–Kier alpha value is -1.63. The van der Waals surface area contributed by atoms with Crippen molar-refractivity contribution in [3.63, 3.8) is 0 Å². The number of aliphatic imine (C=N–C) groups is 1. The number of pyridine rings is 1. The Balaban J connectivity index is 2.49. The van der Waals surface area contributed by atoms with Gasteiger partial charge in [0, 0.05) is 18.4 Å². The monoisotopic (exact) mass is 240 g/mol. The first-order chi connectivity index (χ1) is 7.49. The Labute approximate surface area is 93.9 Å². The van der Waals surface area contributed by atoms with Crippen molar-refractivity contribution in [2.45, 2.75) is 24.8 Å². The van der Waals surface area contributed by atoms with Gasteiger partial charge in [-0.2, -0.15) is 0 Å². The van der Waals surface area contributed by atoms with E-state index in [-0.39, 0.29) is 16.9 Å². The molecule has 16 heavy (non-hydrogen) atoms. The van der Waals surface area contributed by atoms with Crippen LogP contribution in [0.1, 0.15) is 13.8 Å². The number of hydrogen-bond acceptors (Lipinski definition) is 4. The van der Waals surface area contributed by atoms with Gasteiger partial charge in [0.1, 0.15) is 4.90 Å². The Morgan fingerprint density at radius 2 is 2.19 bits per heavy atom. The molecule has 0 radical (unpaired) electrons. The number of guanidine groups is 1. The van der Waals surface area contributed by atoms with Gasteiger partial charge >= 0.3 is 0 Å². The van der Waals surface area contributed by atoms with Crippen LogP contribution in [0.2, 0.25) is 0 Å². The lowest BCUT2D eigenvalue weighted by atomic mass is 10.4. The van der Waals surface area contributed by atoms with Crippen molar-refractivity contribution in [3.8, 4) is 0 Å². The maximum Gasteiger partial charge on any atom is 0.267 e. The number of anilines is 1. The summed E-state index contributed by atoms with van der Waals surface area (Å²) >= 11 is 0. The third-order valence-electron chi connectivity index (χ3n) is 1.95. The van der Waals surface area contributed by atoms with E-state index < -0.39 is 10.0 Å². The average Bonchev–Trinajstić information content (AvgIpc) is 2.15. The molecule has 0 saturated heterocycles. The first-order valence-corrected chi connectivity index (χ1v) is 6.29. The van der Waals surface area contributed by atoms with Gasteiger partial charge in [-0.15, -0.1) is 0 Å². The minimum atomic E-state index is -3.54. The zero-order valence-corrected chi connectivity index (χ0v) is 9.75. The van der Waals surface area contributed by atoms with Crippen molar-refractivity contribution in [1.29, 1.82) is 0 Å². The smallest absolute Gasteiger partial charge is 0.267 e. The third-order valence-corrected chi connectivity index (χ3v) is 3.31. The maximum absolute atomic E-state index is 11.8. The Morgan fingerprint density at radius 3 is 2.88 bits per heavy atom. The fourth-order valence-corrected chi connectivity index (χ4v) is 2.43. The van der Waals surface area contributed by atoms with Crippen LogP contribution in [0, 0.1) is 0 Å². The molecule has 1 aromatic heterocycles. The topological polar surface area (TPSA) is 83.5 Å². The summed E-state index contributed by atoms with van der Waals surface area (Å²) in [6.45, 7) is 3.73. The van der Waals surface area contributed by atoms with Gasteiger partial charge in [0.2, 0.25) is 5.96 Å². The molecule has 0 amide bonds. The molecule has 0 aromatic carbocycles. The average molecular weight is 240 g/mol. The van der Waals surface area contributed by atoms with Crippen molar-refractivity contribution in [3.05, 3.63) is 18.5 Å². The van der Waals surface area contributed by atoms with Crippen LogP contribution in [0.3, 0.4) is 0 Å². The molecule has 6 nitrogen and oxygen atoms in total. The maximum atomic E-state index is 11.8. The summed E-state index contributed by atoms with van der Waals surface area (Å²) in [7, 11) is -3.54. The van der Waals surface area contributed by atoms with E-state index in [9.17, 15) is 8.42 Å². The molecular weight excluding hydrogens is 228 g/mol. The lowest BCUT2D eigenvalue weighted by Crippen LogP contribution is -2.41. The van der Waals surface area contributed by atoms with Crippen LogP contribution in [0.25, 0.3) is 0 Å². The van der Waals surface area contributed by atoms with Crippen molar-refractivity contribution in [2.24, 2.45) is 4.99 Å². The summed E-state index contributed by atoms with van der Waals surface area (Å²) in [5.41, 5.74) is 0.494. The Bertz CT molecular complexity index is 536. The van der Waals surface area contributed by atoms with E-state index >= 15 is 0 Å². The van der Waals surface area contributed by atoms with Gasteiger partial charge in [0.15, 0.2) is 0 Å². The molecule has 2 rings (SSSR count). The summed E-state index contributed by atoms with van der Waals surface area (Å²) in [5.74, 6) is 0.244. The van der Waals surface area contributed by atoms with Crippen LogP contribution < -0.4 is 10.0 Å². The second kappa shape index (κ2) is 3.75. The number of hydrogen-bond donors (Lipinski definition) is 2. The van der Waals surface area contributed by atoms with Crippen LogP contribution in [0.15, 0.2) is 28.3 Å². The number of fused-ring (bicyclic) bond motifs is 1. The zero-order valence-electron chi connectivity index (χ0n) is 8.93. The number of aromatic nitrogens is 1. The molecule has 1 aromatic rings. The molecule has 0 aliphatic carbocycles. The van der Waals surface area contributed by atoms with Gasteiger partial charge in [0.05, 0.1) is 5.69 Å². The Kier molecular flexibility index (Phi) is 2.55. The van der Waals surface area contributed by atoms with E-state index in [0.717, 1.165) is 0 Å². The van der Waals surface area contributed by atoms with Crippen LogP contribution in [-0.4, -0.2) is 25.4 Å². The molecule has 1 aliphatic heterocycles. The van der Waals surface area contributed by atoms with Gasteiger partial charge in [-0.25, -0.2) is 18.1 Å². The molecule has 0 bridgehead atoms. The van der Waals surface area contributed by atoms with Crippen molar-refractivity contribution >= 4 is 21.7 Å². The minimum absolute atomic E-state index is 0.00795. The van der Waals surface area contributed by atoms with Gasteiger partial charge in [-0.3, -0.25) is 4.98 Å². The minimum Gasteiger partial charge on any atom is -0.324 e. The van der Waals surface area contributed by atoms with Crippen LogP contribution in [-0.2, 0) is 10.0 Å². The van der Waals surface area contributed by atoms with E-state index in [1.54, 1.807) is 6.07 Å². The number of rotatable bonds is 1. The van der Waals surface area contributed by atoms with Gasteiger partial charge < -0.3 is 5.32 Å². The lowest BCUT2D eigenvalue weighted by molar-refractivity contribution is 0.591. The van der Waals surface area contributed by atoms with Crippen molar-refractivity contribution < 1.29 is 8.42 Å². The molecule has 1 aliphatic rings. The first kappa shape index (κ1) is 10.9. The van der Waals surface area contributed by atoms with E-state index in [4.69, 9.17) is 0 Å². The van der Waals surface area contributed by atoms with Gasteiger partial charge in [0.25, 0.3) is 10.0 Å². The van der Waals surface area contributed by atoms with Crippen LogP contribution in [0.4, 0.5) is 5.69 Å². The molecule has 0 unspecified atom stereocenters. The van der Waals surface area contributed by atoms with Crippen LogP contribution in [0.5, 0.6) is 0 Å². The number of nitrogens with zero attached hydrogens (tertiary/aromatic N) is 2. The number of nitrogens with one attached hydrogen (secondary N) is 2. The summed E-state index contributed by atoms with van der Waals surface area (Å²) < 4.78 is 25.9. The fourth-order valence-electron chi connectivity index (χ4n) is 1.35. The van der Waals surface area contributed by atoms with Gasteiger partial charge in [-0.1, -0.05) is 0 Å². The predicted octanol–water partition coefficient (Wildman–Crippen LogP) is 0.550. The Morgan fingerprint density at radius 1 is 1.44 bits per heavy atom.